The molecule has 0 saturated carbocycles. The van der Waals surface area contributed by atoms with E-state index in [-0.39, 0.29) is 11.3 Å². The summed E-state index contributed by atoms with van der Waals surface area (Å²) in [5, 5.41) is 17.2. The summed E-state index contributed by atoms with van der Waals surface area (Å²) in [6.07, 6.45) is -3.40. The van der Waals surface area contributed by atoms with Crippen LogP contribution in [-0.2, 0) is 11.2 Å². The van der Waals surface area contributed by atoms with Gasteiger partial charge in [0.05, 0.1) is 12.0 Å². The maximum absolute atomic E-state index is 12.4. The summed E-state index contributed by atoms with van der Waals surface area (Å²) >= 11 is 0. The van der Waals surface area contributed by atoms with E-state index < -0.39 is 30.2 Å². The van der Waals surface area contributed by atoms with Crippen molar-refractivity contribution in [1.29, 1.82) is 5.26 Å². The zero-order chi connectivity index (χ0) is 12.3. The first-order valence-electron chi connectivity index (χ1n) is 4.15. The maximum atomic E-state index is 12.4. The Bertz CT molecular complexity index is 469. The van der Waals surface area contributed by atoms with Crippen molar-refractivity contribution in [3.63, 3.8) is 0 Å². The van der Waals surface area contributed by atoms with Crippen LogP contribution in [0.1, 0.15) is 23.2 Å². The van der Waals surface area contributed by atoms with Crippen LogP contribution in [0.15, 0.2) is 6.07 Å². The van der Waals surface area contributed by atoms with Crippen molar-refractivity contribution in [3.05, 3.63) is 22.9 Å². The van der Waals surface area contributed by atoms with Crippen LogP contribution in [0.5, 0.6) is 0 Å². The molecule has 0 radical (unpaired) electrons. The number of rotatable bonds is 3. The van der Waals surface area contributed by atoms with Crippen molar-refractivity contribution in [2.24, 2.45) is 0 Å². The lowest BCUT2D eigenvalue weighted by Crippen LogP contribution is -2.08. The lowest BCUT2D eigenvalue weighted by Gasteiger charge is -2.07. The number of nitrogen functional groups attached to an aromatic ring is 1. The molecule has 0 aromatic carbocycles. The number of alkyl halides is 2. The number of nitrogens with zero attached hydrogens (tertiary/aromatic N) is 2. The molecule has 0 spiro atoms. The Kier molecular flexibility index (Phi) is 3.35. The average molecular weight is 227 g/mol. The largest absolute Gasteiger partial charge is 0.481 e. The number of carboxylic acids is 1. The van der Waals surface area contributed by atoms with Crippen LogP contribution in [0, 0.1) is 11.3 Å². The van der Waals surface area contributed by atoms with Crippen LogP contribution < -0.4 is 5.73 Å². The molecular weight excluding hydrogens is 220 g/mol. The number of aliphatic carboxylic acids is 1. The van der Waals surface area contributed by atoms with Gasteiger partial charge in [0.15, 0.2) is 0 Å². The minimum absolute atomic E-state index is 0.0699. The molecule has 1 rings (SSSR count). The fourth-order valence-electron chi connectivity index (χ4n) is 1.16. The van der Waals surface area contributed by atoms with Gasteiger partial charge in [0.1, 0.15) is 17.6 Å². The summed E-state index contributed by atoms with van der Waals surface area (Å²) < 4.78 is 24.9. The Labute approximate surface area is 89.1 Å². The lowest BCUT2D eigenvalue weighted by molar-refractivity contribution is -0.136. The summed E-state index contributed by atoms with van der Waals surface area (Å²) in [6, 6.07) is 2.51. The highest BCUT2D eigenvalue weighted by molar-refractivity contribution is 5.71. The topological polar surface area (TPSA) is 100 Å². The molecule has 3 N–H and O–H groups in total. The van der Waals surface area contributed by atoms with Gasteiger partial charge in [0.2, 0.25) is 0 Å². The third kappa shape index (κ3) is 2.42. The van der Waals surface area contributed by atoms with E-state index in [1.165, 1.54) is 0 Å². The molecule has 0 aliphatic heterocycles. The number of pyridine rings is 1. The number of nitrogens with two attached hydrogens (primary N) is 1. The molecule has 5 nitrogen and oxygen atoms in total. The van der Waals surface area contributed by atoms with E-state index in [4.69, 9.17) is 16.1 Å². The summed E-state index contributed by atoms with van der Waals surface area (Å²) in [5.41, 5.74) is 4.33. The van der Waals surface area contributed by atoms with Gasteiger partial charge in [-0.15, -0.1) is 0 Å². The molecule has 7 heteroatoms. The predicted octanol–water partition coefficient (Wildman–Crippen LogP) is 1.10. The van der Waals surface area contributed by atoms with Crippen LogP contribution in [0.4, 0.5) is 14.6 Å². The highest BCUT2D eigenvalue weighted by Gasteiger charge is 2.17. The van der Waals surface area contributed by atoms with Gasteiger partial charge in [-0.1, -0.05) is 0 Å². The minimum atomic E-state index is -2.85. The summed E-state index contributed by atoms with van der Waals surface area (Å²) in [5.74, 6) is -1.69. The van der Waals surface area contributed by atoms with Crippen molar-refractivity contribution >= 4 is 11.8 Å². The highest BCUT2D eigenvalue weighted by atomic mass is 19.3. The molecule has 0 fully saturated rings. The van der Waals surface area contributed by atoms with Gasteiger partial charge in [-0.05, 0) is 6.07 Å². The summed E-state index contributed by atoms with van der Waals surface area (Å²) in [7, 11) is 0. The molecule has 0 amide bonds. The first-order valence-corrected chi connectivity index (χ1v) is 4.15. The second-order valence-electron chi connectivity index (χ2n) is 2.95. The Hall–Kier alpha value is -2.23. The number of hydrogen-bond donors (Lipinski definition) is 2. The Morgan fingerprint density at radius 2 is 2.31 bits per heavy atom. The number of nitriles is 1. The van der Waals surface area contributed by atoms with Gasteiger partial charge in [-0.2, -0.15) is 5.26 Å². The molecule has 1 aromatic rings. The van der Waals surface area contributed by atoms with Crippen molar-refractivity contribution in [2.45, 2.75) is 12.8 Å². The van der Waals surface area contributed by atoms with Gasteiger partial charge in [-0.25, -0.2) is 13.8 Å². The standard InChI is InChI=1S/C9H7F2N3O2/c10-8(11)5-1-4(2-7(15)16)6(3-12)14-9(5)13/h1,8H,2H2,(H2,13,14)(H,15,16). The fourth-order valence-corrected chi connectivity index (χ4v) is 1.16. The second kappa shape index (κ2) is 4.53. The number of carbonyl (C=O) groups is 1. The molecule has 0 atom stereocenters. The molecule has 1 aromatic heterocycles. The van der Waals surface area contributed by atoms with Crippen molar-refractivity contribution < 1.29 is 18.7 Å². The number of anilines is 1. The molecule has 84 valence electrons. The maximum Gasteiger partial charge on any atom is 0.307 e. The predicted molar refractivity (Wildman–Crippen MR) is 49.7 cm³/mol. The quantitative estimate of drug-likeness (QED) is 0.805. The van der Waals surface area contributed by atoms with E-state index in [1.807, 2.05) is 0 Å². The molecule has 0 aliphatic carbocycles. The summed E-state index contributed by atoms with van der Waals surface area (Å²) in [6.45, 7) is 0. The van der Waals surface area contributed by atoms with Crippen LogP contribution in [0.3, 0.4) is 0 Å². The number of carboxylic acid groups (broad SMARTS) is 1. The van der Waals surface area contributed by atoms with Gasteiger partial charge in [0.25, 0.3) is 6.43 Å². The summed E-state index contributed by atoms with van der Waals surface area (Å²) in [4.78, 5) is 13.9. The lowest BCUT2D eigenvalue weighted by atomic mass is 10.1. The van der Waals surface area contributed by atoms with E-state index in [1.54, 1.807) is 6.07 Å². The van der Waals surface area contributed by atoms with Crippen LogP contribution in [0.2, 0.25) is 0 Å². The second-order valence-corrected chi connectivity index (χ2v) is 2.95. The van der Waals surface area contributed by atoms with E-state index in [0.717, 1.165) is 6.07 Å². The Morgan fingerprint density at radius 3 is 2.75 bits per heavy atom. The van der Waals surface area contributed by atoms with Crippen molar-refractivity contribution in [3.8, 4) is 6.07 Å². The minimum Gasteiger partial charge on any atom is -0.481 e. The molecule has 0 bridgehead atoms. The van der Waals surface area contributed by atoms with Crippen LogP contribution in [-0.4, -0.2) is 16.1 Å². The number of aromatic nitrogens is 1. The SMILES string of the molecule is N#Cc1nc(N)c(C(F)F)cc1CC(=O)O. The Balaban J connectivity index is 3.30. The normalized spacial score (nSPS) is 10.1. The van der Waals surface area contributed by atoms with E-state index >= 15 is 0 Å². The van der Waals surface area contributed by atoms with E-state index in [2.05, 4.69) is 4.98 Å². The molecule has 16 heavy (non-hydrogen) atoms. The fraction of sp³-hybridized carbons (Fsp3) is 0.222. The molecular formula is C9H7F2N3O2. The smallest absolute Gasteiger partial charge is 0.307 e. The zero-order valence-electron chi connectivity index (χ0n) is 7.94. The van der Waals surface area contributed by atoms with E-state index in [0.29, 0.717) is 0 Å². The van der Waals surface area contributed by atoms with Gasteiger partial charge < -0.3 is 10.8 Å². The average Bonchev–Trinajstić information content (AvgIpc) is 2.18. The molecule has 1 heterocycles. The Morgan fingerprint density at radius 1 is 1.69 bits per heavy atom. The molecule has 0 aliphatic rings. The highest BCUT2D eigenvalue weighted by Crippen LogP contribution is 2.25. The van der Waals surface area contributed by atoms with E-state index in [9.17, 15) is 13.6 Å². The zero-order valence-corrected chi connectivity index (χ0v) is 7.94. The third-order valence-corrected chi connectivity index (χ3v) is 1.84. The van der Waals surface area contributed by atoms with Crippen molar-refractivity contribution in [2.75, 3.05) is 5.73 Å². The van der Waals surface area contributed by atoms with Crippen LogP contribution >= 0.6 is 0 Å². The first kappa shape index (κ1) is 11.8. The molecule has 0 unspecified atom stereocenters. The molecule has 0 saturated heterocycles. The van der Waals surface area contributed by atoms with Crippen molar-refractivity contribution in [1.82, 2.24) is 4.98 Å². The number of hydrogen-bond acceptors (Lipinski definition) is 4. The first-order chi connectivity index (χ1) is 7.45. The van der Waals surface area contributed by atoms with Gasteiger partial charge >= 0.3 is 5.97 Å². The van der Waals surface area contributed by atoms with Gasteiger partial charge in [0, 0.05) is 5.56 Å². The number of halogens is 2. The van der Waals surface area contributed by atoms with Crippen LogP contribution in [0.25, 0.3) is 0 Å². The monoisotopic (exact) mass is 227 g/mol. The third-order valence-electron chi connectivity index (χ3n) is 1.84. The van der Waals surface area contributed by atoms with Gasteiger partial charge in [-0.3, -0.25) is 4.79 Å².